The fraction of sp³-hybridized carbons (Fsp3) is 0.308. The van der Waals surface area contributed by atoms with E-state index in [0.717, 1.165) is 5.56 Å². The number of nitrogens with two attached hydrogens (primary N) is 1. The quantitative estimate of drug-likeness (QED) is 0.111. The predicted molar refractivity (Wildman–Crippen MR) is 149 cm³/mol. The van der Waals surface area contributed by atoms with Crippen molar-refractivity contribution in [2.75, 3.05) is 18.9 Å². The lowest BCUT2D eigenvalue weighted by Gasteiger charge is -2.24. The van der Waals surface area contributed by atoms with E-state index < -0.39 is 25.7 Å². The number of aliphatic hydroxyl groups excluding tert-OH is 1. The van der Waals surface area contributed by atoms with Crippen molar-refractivity contribution in [3.63, 3.8) is 0 Å². The number of aryl methyl sites for hydroxylation is 1. The fourth-order valence-corrected chi connectivity index (χ4v) is 5.48. The maximum atomic E-state index is 13.8. The van der Waals surface area contributed by atoms with Crippen LogP contribution in [0.1, 0.15) is 18.9 Å². The SMILES string of the molecule is C[C@H](NP(=O)(OCC(CO)CCn1cnc2c(Cl)nc(N)nc21)Oc1ccccc1)C(=O)OCc1ccccc1. The number of halogens is 1. The first-order chi connectivity index (χ1) is 19.3. The van der Waals surface area contributed by atoms with Crippen LogP contribution in [0.25, 0.3) is 11.2 Å². The summed E-state index contributed by atoms with van der Waals surface area (Å²) in [7, 11) is -4.09. The molecule has 0 saturated carbocycles. The molecule has 0 aliphatic carbocycles. The van der Waals surface area contributed by atoms with Crippen molar-refractivity contribution in [3.05, 3.63) is 77.7 Å². The molecule has 0 spiro atoms. The molecule has 2 heterocycles. The number of aromatic nitrogens is 4. The molecule has 4 aromatic rings. The number of nitrogen functional groups attached to an aromatic ring is 1. The summed E-state index contributed by atoms with van der Waals surface area (Å²) in [6, 6.07) is 16.6. The minimum Gasteiger partial charge on any atom is -0.460 e. The van der Waals surface area contributed by atoms with Crippen molar-refractivity contribution in [3.8, 4) is 5.75 Å². The van der Waals surface area contributed by atoms with Gasteiger partial charge in [0.25, 0.3) is 0 Å². The molecule has 4 rings (SSSR count). The van der Waals surface area contributed by atoms with Gasteiger partial charge in [-0.1, -0.05) is 60.1 Å². The molecule has 0 aliphatic heterocycles. The molecule has 0 radical (unpaired) electrons. The zero-order chi connectivity index (χ0) is 28.5. The number of benzene rings is 2. The lowest BCUT2D eigenvalue weighted by Crippen LogP contribution is -2.35. The number of nitrogens with zero attached hydrogens (tertiary/aromatic N) is 4. The maximum Gasteiger partial charge on any atom is 0.459 e. The number of ether oxygens (including phenoxy) is 1. The Hall–Kier alpha value is -3.54. The summed E-state index contributed by atoms with van der Waals surface area (Å²) in [4.78, 5) is 24.9. The van der Waals surface area contributed by atoms with Gasteiger partial charge in [-0.3, -0.25) is 9.32 Å². The molecule has 4 N–H and O–H groups in total. The van der Waals surface area contributed by atoms with Gasteiger partial charge in [0.2, 0.25) is 5.95 Å². The number of hydrogen-bond acceptors (Lipinski definition) is 10. The number of imidazole rings is 1. The standard InChI is InChI=1S/C26H30ClN6O6P/c1-18(25(35)37-15-19-8-4-2-5-9-19)32-40(36,39-21-10-6-3-7-11-21)38-16-20(14-34)12-13-33-17-29-22-23(27)30-26(28)31-24(22)33/h2-11,17-18,20,34H,12-16H2,1H3,(H,32,36)(H2,28,30,31)/t18-,20?,40?/m0/s1. The lowest BCUT2D eigenvalue weighted by atomic mass is 10.1. The third-order valence-corrected chi connectivity index (χ3v) is 7.76. The highest BCUT2D eigenvalue weighted by atomic mass is 35.5. The highest BCUT2D eigenvalue weighted by molar-refractivity contribution is 7.52. The number of para-hydroxylation sites is 1. The van der Waals surface area contributed by atoms with Gasteiger partial charge in [-0.2, -0.15) is 15.1 Å². The highest BCUT2D eigenvalue weighted by Gasteiger charge is 2.33. The number of fused-ring (bicyclic) bond motifs is 1. The van der Waals surface area contributed by atoms with E-state index in [-0.39, 0.29) is 36.7 Å². The summed E-state index contributed by atoms with van der Waals surface area (Å²) in [5.74, 6) is -0.776. The van der Waals surface area contributed by atoms with Crippen LogP contribution in [-0.2, 0) is 31.8 Å². The summed E-state index contributed by atoms with van der Waals surface area (Å²) in [6.45, 7) is 1.56. The summed E-state index contributed by atoms with van der Waals surface area (Å²) < 4.78 is 32.3. The second-order valence-corrected chi connectivity index (χ2v) is 11.0. The van der Waals surface area contributed by atoms with E-state index in [1.807, 2.05) is 30.3 Å². The molecule has 14 heteroatoms. The van der Waals surface area contributed by atoms with E-state index >= 15 is 0 Å². The van der Waals surface area contributed by atoms with Crippen LogP contribution in [0.3, 0.4) is 0 Å². The van der Waals surface area contributed by atoms with Gasteiger partial charge in [-0.25, -0.2) is 9.55 Å². The highest BCUT2D eigenvalue weighted by Crippen LogP contribution is 2.45. The number of aliphatic hydroxyl groups is 1. The average molecular weight is 589 g/mol. The zero-order valence-corrected chi connectivity index (χ0v) is 23.4. The topological polar surface area (TPSA) is 164 Å². The molecule has 12 nitrogen and oxygen atoms in total. The predicted octanol–water partition coefficient (Wildman–Crippen LogP) is 3.99. The molecule has 40 heavy (non-hydrogen) atoms. The zero-order valence-electron chi connectivity index (χ0n) is 21.7. The van der Waals surface area contributed by atoms with Gasteiger partial charge in [-0.15, -0.1) is 0 Å². The van der Waals surface area contributed by atoms with Crippen LogP contribution >= 0.6 is 19.3 Å². The number of carbonyl (C=O) groups is 1. The molecule has 2 aromatic carbocycles. The summed E-state index contributed by atoms with van der Waals surface area (Å²) in [6.07, 6.45) is 1.96. The van der Waals surface area contributed by atoms with Crippen molar-refractivity contribution < 1.29 is 28.3 Å². The number of rotatable bonds is 14. The Kier molecular flexibility index (Phi) is 10.1. The van der Waals surface area contributed by atoms with E-state index in [2.05, 4.69) is 20.0 Å². The van der Waals surface area contributed by atoms with Crippen molar-refractivity contribution in [1.82, 2.24) is 24.6 Å². The summed E-state index contributed by atoms with van der Waals surface area (Å²) in [5.41, 5.74) is 7.39. The smallest absolute Gasteiger partial charge is 0.459 e. The lowest BCUT2D eigenvalue weighted by molar-refractivity contribution is -0.146. The molecule has 0 saturated heterocycles. The van der Waals surface area contributed by atoms with Crippen LogP contribution < -0.4 is 15.3 Å². The van der Waals surface area contributed by atoms with E-state index in [9.17, 15) is 14.5 Å². The van der Waals surface area contributed by atoms with Crippen LogP contribution in [0, 0.1) is 5.92 Å². The summed E-state index contributed by atoms with van der Waals surface area (Å²) >= 11 is 6.09. The van der Waals surface area contributed by atoms with Crippen LogP contribution in [-0.4, -0.2) is 49.9 Å². The molecule has 212 valence electrons. The third kappa shape index (κ3) is 8.00. The van der Waals surface area contributed by atoms with Gasteiger partial charge in [0.15, 0.2) is 10.8 Å². The van der Waals surface area contributed by atoms with Gasteiger partial charge in [-0.05, 0) is 31.0 Å². The monoisotopic (exact) mass is 588 g/mol. The Morgan fingerprint density at radius 2 is 1.85 bits per heavy atom. The van der Waals surface area contributed by atoms with E-state index in [0.29, 0.717) is 24.1 Å². The maximum absolute atomic E-state index is 13.8. The molecule has 2 unspecified atom stereocenters. The Labute approximate surface area is 236 Å². The number of nitrogens with one attached hydrogen (secondary N) is 1. The number of carbonyl (C=O) groups excluding carboxylic acids is 1. The normalized spacial score (nSPS) is 14.4. The van der Waals surface area contributed by atoms with Crippen LogP contribution in [0.5, 0.6) is 5.75 Å². The second-order valence-electron chi connectivity index (χ2n) is 8.96. The molecule has 2 aromatic heterocycles. The Bertz CT molecular complexity index is 1460. The molecule has 0 amide bonds. The molecular weight excluding hydrogens is 559 g/mol. The van der Waals surface area contributed by atoms with Gasteiger partial charge in [0.05, 0.1) is 12.9 Å². The first-order valence-corrected chi connectivity index (χ1v) is 14.4. The number of esters is 1. The molecule has 0 fully saturated rings. The van der Waals surface area contributed by atoms with Crippen molar-refractivity contribution in [2.45, 2.75) is 32.5 Å². The largest absolute Gasteiger partial charge is 0.460 e. The van der Waals surface area contributed by atoms with Crippen molar-refractivity contribution >= 4 is 42.4 Å². The minimum absolute atomic E-state index is 0.0165. The Morgan fingerprint density at radius 3 is 2.55 bits per heavy atom. The average Bonchev–Trinajstić information content (AvgIpc) is 3.35. The third-order valence-electron chi connectivity index (χ3n) is 5.85. The number of anilines is 1. The van der Waals surface area contributed by atoms with Gasteiger partial charge < -0.3 is 24.7 Å². The first kappa shape index (κ1) is 29.4. The van der Waals surface area contributed by atoms with E-state index in [1.165, 1.54) is 6.92 Å². The van der Waals surface area contributed by atoms with Crippen molar-refractivity contribution in [2.24, 2.45) is 5.92 Å². The Balaban J connectivity index is 1.40. The van der Waals surface area contributed by atoms with Crippen LogP contribution in [0.2, 0.25) is 5.15 Å². The van der Waals surface area contributed by atoms with E-state index in [1.54, 1.807) is 41.2 Å². The molecular formula is C26H30ClN6O6P. The van der Waals surface area contributed by atoms with Gasteiger partial charge in [0.1, 0.15) is 23.9 Å². The molecule has 3 atom stereocenters. The fourth-order valence-electron chi connectivity index (χ4n) is 3.70. The first-order valence-electron chi connectivity index (χ1n) is 12.5. The second kappa shape index (κ2) is 13.7. The van der Waals surface area contributed by atoms with Crippen LogP contribution in [0.15, 0.2) is 67.0 Å². The van der Waals surface area contributed by atoms with Crippen LogP contribution in [0.4, 0.5) is 5.95 Å². The van der Waals surface area contributed by atoms with Gasteiger partial charge >= 0.3 is 13.7 Å². The van der Waals surface area contributed by atoms with E-state index in [4.69, 9.17) is 31.1 Å². The Morgan fingerprint density at radius 1 is 1.15 bits per heavy atom. The molecule has 0 aliphatic rings. The summed E-state index contributed by atoms with van der Waals surface area (Å²) in [5, 5.41) is 12.8. The minimum atomic E-state index is -4.09. The molecule has 0 bridgehead atoms. The van der Waals surface area contributed by atoms with Crippen molar-refractivity contribution in [1.29, 1.82) is 0 Å². The van der Waals surface area contributed by atoms with Gasteiger partial charge in [0, 0.05) is 19.1 Å². The number of hydrogen-bond donors (Lipinski definition) is 3.